The number of esters is 1. The molecule has 0 aliphatic carbocycles. The molecule has 2 atom stereocenters. The number of carbonyl (C=O) groups excluding carboxylic acids is 1. The Morgan fingerprint density at radius 3 is 2.44 bits per heavy atom. The van der Waals surface area contributed by atoms with Crippen LogP contribution in [0.3, 0.4) is 0 Å². The normalized spacial score (nSPS) is 40.2. The van der Waals surface area contributed by atoms with E-state index in [1.54, 1.807) is 0 Å². The Morgan fingerprint density at radius 2 is 2.06 bits per heavy atom. The van der Waals surface area contributed by atoms with Crippen LogP contribution in [0.1, 0.15) is 20.3 Å². The average molecular weight is 248 g/mol. The number of carbonyl (C=O) groups is 1. The molecular formula is C10H16O5S. The van der Waals surface area contributed by atoms with Gasteiger partial charge in [-0.25, -0.2) is 13.2 Å². The zero-order valence-corrected chi connectivity index (χ0v) is 10.5. The molecule has 2 aliphatic heterocycles. The van der Waals surface area contributed by atoms with E-state index in [1.807, 2.05) is 13.8 Å². The molecule has 1 spiro atoms. The molecule has 2 rings (SSSR count). The van der Waals surface area contributed by atoms with Crippen LogP contribution in [0.2, 0.25) is 0 Å². The molecule has 6 heteroatoms. The number of hydrogen-bond acceptors (Lipinski definition) is 5. The van der Waals surface area contributed by atoms with E-state index in [1.165, 1.54) is 7.11 Å². The van der Waals surface area contributed by atoms with E-state index in [9.17, 15) is 13.2 Å². The highest BCUT2D eigenvalue weighted by Crippen LogP contribution is 2.58. The monoisotopic (exact) mass is 248 g/mol. The molecule has 0 amide bonds. The third-order valence-corrected chi connectivity index (χ3v) is 5.30. The summed E-state index contributed by atoms with van der Waals surface area (Å²) < 4.78 is 33.2. The molecule has 2 aliphatic rings. The standard InChI is InChI=1S/C10H16O5S/c1-7(2)10(8(11)14-3)9(15-10)4-5-16(12,13)6-9/h7H,4-6H2,1-3H3. The third kappa shape index (κ3) is 1.32. The summed E-state index contributed by atoms with van der Waals surface area (Å²) in [4.78, 5) is 11.8. The molecule has 16 heavy (non-hydrogen) atoms. The summed E-state index contributed by atoms with van der Waals surface area (Å²) in [6, 6.07) is 0. The number of hydrogen-bond donors (Lipinski definition) is 0. The number of methoxy groups -OCH3 is 1. The van der Waals surface area contributed by atoms with Crippen molar-refractivity contribution in [2.24, 2.45) is 5.92 Å². The molecule has 0 aromatic heterocycles. The Balaban J connectivity index is 2.33. The molecule has 0 N–H and O–H groups in total. The lowest BCUT2D eigenvalue weighted by molar-refractivity contribution is -0.148. The van der Waals surface area contributed by atoms with Gasteiger partial charge in [0.25, 0.3) is 0 Å². The van der Waals surface area contributed by atoms with Crippen molar-refractivity contribution in [2.45, 2.75) is 31.5 Å². The number of epoxide rings is 1. The molecule has 0 aromatic rings. The van der Waals surface area contributed by atoms with Crippen LogP contribution in [-0.4, -0.2) is 44.2 Å². The van der Waals surface area contributed by atoms with Crippen molar-refractivity contribution >= 4 is 15.8 Å². The first kappa shape index (κ1) is 11.9. The van der Waals surface area contributed by atoms with Gasteiger partial charge in [-0.15, -0.1) is 0 Å². The van der Waals surface area contributed by atoms with Gasteiger partial charge in [-0.2, -0.15) is 0 Å². The van der Waals surface area contributed by atoms with Crippen molar-refractivity contribution in [3.8, 4) is 0 Å². The summed E-state index contributed by atoms with van der Waals surface area (Å²) in [6.07, 6.45) is 0.391. The Bertz CT molecular complexity index is 426. The Labute approximate surface area is 95.0 Å². The Hall–Kier alpha value is -0.620. The minimum absolute atomic E-state index is 0.0622. The van der Waals surface area contributed by atoms with Gasteiger partial charge in [0.1, 0.15) is 5.60 Å². The van der Waals surface area contributed by atoms with E-state index in [0.717, 1.165) is 0 Å². The van der Waals surface area contributed by atoms with Crippen LogP contribution in [0, 0.1) is 5.92 Å². The minimum atomic E-state index is -3.07. The van der Waals surface area contributed by atoms with Gasteiger partial charge in [0, 0.05) is 0 Å². The van der Waals surface area contributed by atoms with Crippen LogP contribution in [0.25, 0.3) is 0 Å². The number of sulfone groups is 1. The molecule has 2 fully saturated rings. The first-order valence-corrected chi connectivity index (χ1v) is 7.11. The second kappa shape index (κ2) is 3.20. The fourth-order valence-corrected chi connectivity index (χ4v) is 4.65. The van der Waals surface area contributed by atoms with Crippen molar-refractivity contribution in [2.75, 3.05) is 18.6 Å². The second-order valence-corrected chi connectivity index (χ2v) is 7.00. The molecule has 5 nitrogen and oxygen atoms in total. The fraction of sp³-hybridized carbons (Fsp3) is 0.900. The first-order chi connectivity index (χ1) is 7.30. The third-order valence-electron chi connectivity index (χ3n) is 3.56. The fourth-order valence-electron chi connectivity index (χ4n) is 2.73. The van der Waals surface area contributed by atoms with Crippen molar-refractivity contribution in [3.05, 3.63) is 0 Å². The lowest BCUT2D eigenvalue weighted by Crippen LogP contribution is -2.40. The van der Waals surface area contributed by atoms with Gasteiger partial charge < -0.3 is 9.47 Å². The lowest BCUT2D eigenvalue weighted by atomic mass is 9.83. The highest BCUT2D eigenvalue weighted by atomic mass is 32.2. The quantitative estimate of drug-likeness (QED) is 0.513. The number of ether oxygens (including phenoxy) is 2. The molecule has 0 bridgehead atoms. The smallest absolute Gasteiger partial charge is 0.341 e. The zero-order chi connectivity index (χ0) is 12.2. The molecule has 92 valence electrons. The molecule has 2 saturated heterocycles. The second-order valence-electron chi connectivity index (χ2n) is 4.82. The maximum atomic E-state index is 11.8. The lowest BCUT2D eigenvalue weighted by Gasteiger charge is -2.17. The molecule has 0 radical (unpaired) electrons. The van der Waals surface area contributed by atoms with E-state index < -0.39 is 27.0 Å². The predicted octanol–water partition coefficient (Wildman–Crippen LogP) is 0.142. The Morgan fingerprint density at radius 1 is 1.44 bits per heavy atom. The maximum absolute atomic E-state index is 11.8. The molecule has 2 heterocycles. The van der Waals surface area contributed by atoms with Gasteiger partial charge in [0.15, 0.2) is 15.4 Å². The van der Waals surface area contributed by atoms with Crippen LogP contribution >= 0.6 is 0 Å². The van der Waals surface area contributed by atoms with Crippen molar-refractivity contribution in [1.29, 1.82) is 0 Å². The predicted molar refractivity (Wildman–Crippen MR) is 56.7 cm³/mol. The van der Waals surface area contributed by atoms with Crippen LogP contribution < -0.4 is 0 Å². The van der Waals surface area contributed by atoms with Gasteiger partial charge in [0.2, 0.25) is 0 Å². The SMILES string of the molecule is COC(=O)C1(C(C)C)OC12CCS(=O)(=O)C2. The molecular weight excluding hydrogens is 232 g/mol. The summed E-state index contributed by atoms with van der Waals surface area (Å²) in [5.41, 5.74) is -1.88. The van der Waals surface area contributed by atoms with Gasteiger partial charge in [-0.3, -0.25) is 0 Å². The molecule has 2 unspecified atom stereocenters. The highest BCUT2D eigenvalue weighted by Gasteiger charge is 2.79. The van der Waals surface area contributed by atoms with E-state index in [-0.39, 0.29) is 17.4 Å². The van der Waals surface area contributed by atoms with Crippen LogP contribution in [0.5, 0.6) is 0 Å². The molecule has 0 saturated carbocycles. The maximum Gasteiger partial charge on any atom is 0.341 e. The first-order valence-electron chi connectivity index (χ1n) is 5.29. The summed E-state index contributed by atoms with van der Waals surface area (Å²) in [5, 5.41) is 0. The Kier molecular flexibility index (Phi) is 2.37. The largest absolute Gasteiger partial charge is 0.467 e. The van der Waals surface area contributed by atoms with E-state index in [4.69, 9.17) is 9.47 Å². The van der Waals surface area contributed by atoms with E-state index in [2.05, 4.69) is 0 Å². The van der Waals surface area contributed by atoms with Gasteiger partial charge in [-0.1, -0.05) is 13.8 Å². The van der Waals surface area contributed by atoms with Crippen LogP contribution in [0.4, 0.5) is 0 Å². The summed E-state index contributed by atoms with van der Waals surface area (Å²) in [7, 11) is -1.77. The number of rotatable bonds is 2. The minimum Gasteiger partial charge on any atom is -0.467 e. The zero-order valence-electron chi connectivity index (χ0n) is 9.65. The summed E-state index contributed by atoms with van der Waals surface area (Å²) in [5.74, 6) is -0.515. The topological polar surface area (TPSA) is 73.0 Å². The van der Waals surface area contributed by atoms with Gasteiger partial charge >= 0.3 is 5.97 Å². The van der Waals surface area contributed by atoms with Gasteiger partial charge in [-0.05, 0) is 12.3 Å². The highest BCUT2D eigenvalue weighted by molar-refractivity contribution is 7.91. The van der Waals surface area contributed by atoms with E-state index in [0.29, 0.717) is 6.42 Å². The summed E-state index contributed by atoms with van der Waals surface area (Å²) in [6.45, 7) is 3.69. The van der Waals surface area contributed by atoms with E-state index >= 15 is 0 Å². The molecule has 0 aromatic carbocycles. The van der Waals surface area contributed by atoms with Crippen molar-refractivity contribution < 1.29 is 22.7 Å². The van der Waals surface area contributed by atoms with Crippen molar-refractivity contribution in [1.82, 2.24) is 0 Å². The van der Waals surface area contributed by atoms with Gasteiger partial charge in [0.05, 0.1) is 18.6 Å². The van der Waals surface area contributed by atoms with Crippen LogP contribution in [0.15, 0.2) is 0 Å². The van der Waals surface area contributed by atoms with Crippen molar-refractivity contribution in [3.63, 3.8) is 0 Å². The average Bonchev–Trinajstić information content (AvgIpc) is 2.73. The van der Waals surface area contributed by atoms with Crippen LogP contribution in [-0.2, 0) is 24.1 Å². The summed E-state index contributed by atoms with van der Waals surface area (Å²) >= 11 is 0.